The number of nitriles is 1. The van der Waals surface area contributed by atoms with Crippen LogP contribution in [0, 0.1) is 11.3 Å². The van der Waals surface area contributed by atoms with Crippen LogP contribution in [0.1, 0.15) is 34.5 Å². The summed E-state index contributed by atoms with van der Waals surface area (Å²) in [5.74, 6) is -0.402. The van der Waals surface area contributed by atoms with E-state index in [1.54, 1.807) is 12.1 Å². The summed E-state index contributed by atoms with van der Waals surface area (Å²) >= 11 is 0. The molecule has 1 fully saturated rings. The Hall–Kier alpha value is -2.94. The summed E-state index contributed by atoms with van der Waals surface area (Å²) in [6.07, 6.45) is 4.98. The highest BCUT2D eigenvalue weighted by Gasteiger charge is 2.30. The number of anilines is 1. The van der Waals surface area contributed by atoms with Gasteiger partial charge in [0.2, 0.25) is 0 Å². The third-order valence-corrected chi connectivity index (χ3v) is 3.58. The zero-order valence-corrected chi connectivity index (χ0v) is 11.8. The highest BCUT2D eigenvalue weighted by atomic mass is 16.4. The molecule has 0 aliphatic heterocycles. The smallest absolute Gasteiger partial charge is 0.356 e. The van der Waals surface area contributed by atoms with Gasteiger partial charge in [-0.2, -0.15) is 5.26 Å². The Balaban J connectivity index is 1.80. The van der Waals surface area contributed by atoms with Gasteiger partial charge < -0.3 is 10.0 Å². The van der Waals surface area contributed by atoms with Gasteiger partial charge in [-0.05, 0) is 30.5 Å². The first-order valence-electron chi connectivity index (χ1n) is 6.98. The second-order valence-corrected chi connectivity index (χ2v) is 5.23. The Kier molecular flexibility index (Phi) is 3.71. The van der Waals surface area contributed by atoms with Crippen molar-refractivity contribution >= 4 is 11.8 Å². The number of carboxylic acid groups (broad SMARTS) is 1. The van der Waals surface area contributed by atoms with E-state index in [1.165, 1.54) is 12.4 Å². The number of carboxylic acids is 1. The van der Waals surface area contributed by atoms with Crippen molar-refractivity contribution in [3.63, 3.8) is 0 Å². The van der Waals surface area contributed by atoms with Crippen molar-refractivity contribution in [3.8, 4) is 6.07 Å². The van der Waals surface area contributed by atoms with E-state index in [0.717, 1.165) is 18.4 Å². The molecule has 0 saturated heterocycles. The van der Waals surface area contributed by atoms with Crippen molar-refractivity contribution in [2.75, 3.05) is 4.90 Å². The fourth-order valence-electron chi connectivity index (χ4n) is 2.24. The number of nitrogens with zero attached hydrogens (tertiary/aromatic N) is 4. The van der Waals surface area contributed by atoms with Crippen molar-refractivity contribution in [1.82, 2.24) is 9.97 Å². The van der Waals surface area contributed by atoms with Gasteiger partial charge in [0, 0.05) is 12.6 Å². The number of benzene rings is 1. The molecule has 1 aliphatic rings. The Morgan fingerprint density at radius 1 is 1.27 bits per heavy atom. The Labute approximate surface area is 127 Å². The summed E-state index contributed by atoms with van der Waals surface area (Å²) in [6.45, 7) is 0.664. The average molecular weight is 294 g/mol. The zero-order chi connectivity index (χ0) is 15.5. The first-order chi connectivity index (χ1) is 10.7. The Morgan fingerprint density at radius 3 is 2.50 bits per heavy atom. The molecule has 0 atom stereocenters. The van der Waals surface area contributed by atoms with Crippen molar-refractivity contribution in [2.24, 2.45) is 0 Å². The summed E-state index contributed by atoms with van der Waals surface area (Å²) in [4.78, 5) is 21.1. The quantitative estimate of drug-likeness (QED) is 0.909. The number of aromatic carboxylic acids is 1. The molecule has 6 nitrogen and oxygen atoms in total. The molecular weight excluding hydrogens is 280 g/mol. The average Bonchev–Trinajstić information content (AvgIpc) is 3.38. The van der Waals surface area contributed by atoms with E-state index >= 15 is 0 Å². The molecule has 1 saturated carbocycles. The van der Waals surface area contributed by atoms with E-state index < -0.39 is 5.97 Å². The lowest BCUT2D eigenvalue weighted by atomic mass is 10.1. The molecule has 0 radical (unpaired) electrons. The molecule has 1 N–H and O–H groups in total. The summed E-state index contributed by atoms with van der Waals surface area (Å²) in [5.41, 5.74) is 1.65. The van der Waals surface area contributed by atoms with Gasteiger partial charge in [-0.3, -0.25) is 0 Å². The SMILES string of the molecule is N#Cc1ccc(CN(c2cnc(C(=O)O)cn2)C2CC2)cc1. The van der Waals surface area contributed by atoms with Crippen LogP contribution >= 0.6 is 0 Å². The lowest BCUT2D eigenvalue weighted by Gasteiger charge is -2.23. The van der Waals surface area contributed by atoms with Gasteiger partial charge in [-0.1, -0.05) is 12.1 Å². The van der Waals surface area contributed by atoms with Gasteiger partial charge in [-0.15, -0.1) is 0 Å². The number of aromatic nitrogens is 2. The van der Waals surface area contributed by atoms with Crippen LogP contribution in [0.2, 0.25) is 0 Å². The summed E-state index contributed by atoms with van der Waals surface area (Å²) in [5, 5.41) is 17.7. The van der Waals surface area contributed by atoms with E-state index in [9.17, 15) is 4.79 Å². The summed E-state index contributed by atoms with van der Waals surface area (Å²) < 4.78 is 0. The van der Waals surface area contributed by atoms with E-state index in [-0.39, 0.29) is 5.69 Å². The Bertz CT molecular complexity index is 715. The van der Waals surface area contributed by atoms with Gasteiger partial charge in [0.05, 0.1) is 24.0 Å². The lowest BCUT2D eigenvalue weighted by molar-refractivity contribution is 0.0690. The minimum atomic E-state index is -1.08. The second kappa shape index (κ2) is 5.82. The summed E-state index contributed by atoms with van der Waals surface area (Å²) in [7, 11) is 0. The van der Waals surface area contributed by atoms with Gasteiger partial charge in [0.25, 0.3) is 0 Å². The molecule has 110 valence electrons. The highest BCUT2D eigenvalue weighted by molar-refractivity contribution is 5.84. The molecule has 1 aliphatic carbocycles. The van der Waals surface area contributed by atoms with Crippen LogP contribution in [0.4, 0.5) is 5.82 Å². The maximum atomic E-state index is 10.8. The fraction of sp³-hybridized carbons (Fsp3) is 0.250. The predicted molar refractivity (Wildman–Crippen MR) is 79.4 cm³/mol. The fourth-order valence-corrected chi connectivity index (χ4v) is 2.24. The van der Waals surface area contributed by atoms with Crippen molar-refractivity contribution in [2.45, 2.75) is 25.4 Å². The maximum absolute atomic E-state index is 10.8. The number of carbonyl (C=O) groups is 1. The molecule has 22 heavy (non-hydrogen) atoms. The Morgan fingerprint density at radius 2 is 2.00 bits per heavy atom. The van der Waals surface area contributed by atoms with Crippen molar-refractivity contribution in [1.29, 1.82) is 5.26 Å². The molecule has 0 bridgehead atoms. The first kappa shape index (κ1) is 14.0. The van der Waals surface area contributed by atoms with E-state index in [0.29, 0.717) is 24.0 Å². The minimum Gasteiger partial charge on any atom is -0.476 e. The number of hydrogen-bond donors (Lipinski definition) is 1. The molecule has 0 spiro atoms. The number of rotatable bonds is 5. The van der Waals surface area contributed by atoms with Crippen LogP contribution in [0.15, 0.2) is 36.7 Å². The molecule has 0 unspecified atom stereocenters. The molecule has 6 heteroatoms. The van der Waals surface area contributed by atoms with Gasteiger partial charge >= 0.3 is 5.97 Å². The highest BCUT2D eigenvalue weighted by Crippen LogP contribution is 2.31. The molecule has 2 aromatic rings. The zero-order valence-electron chi connectivity index (χ0n) is 11.8. The molecule has 3 rings (SSSR count). The van der Waals surface area contributed by atoms with E-state index in [2.05, 4.69) is 20.9 Å². The van der Waals surface area contributed by atoms with Crippen LogP contribution in [-0.4, -0.2) is 27.1 Å². The molecular formula is C16H14N4O2. The van der Waals surface area contributed by atoms with Crippen molar-refractivity contribution in [3.05, 3.63) is 53.5 Å². The van der Waals surface area contributed by atoms with Gasteiger partial charge in [0.15, 0.2) is 5.69 Å². The second-order valence-electron chi connectivity index (χ2n) is 5.23. The number of hydrogen-bond acceptors (Lipinski definition) is 5. The standard InChI is InChI=1S/C16H14N4O2/c17-7-11-1-3-12(4-2-11)10-20(13-5-6-13)15-9-18-14(8-19-15)16(21)22/h1-4,8-9,13H,5-6,10H2,(H,21,22). The van der Waals surface area contributed by atoms with Gasteiger partial charge in [-0.25, -0.2) is 14.8 Å². The first-order valence-corrected chi connectivity index (χ1v) is 6.98. The van der Waals surface area contributed by atoms with Crippen molar-refractivity contribution < 1.29 is 9.90 Å². The normalized spacial score (nSPS) is 13.4. The monoisotopic (exact) mass is 294 g/mol. The molecule has 0 amide bonds. The van der Waals surface area contributed by atoms with Crippen LogP contribution in [0.3, 0.4) is 0 Å². The topological polar surface area (TPSA) is 90.1 Å². The third kappa shape index (κ3) is 3.04. The lowest BCUT2D eigenvalue weighted by Crippen LogP contribution is -2.26. The van der Waals surface area contributed by atoms with E-state index in [4.69, 9.17) is 10.4 Å². The van der Waals surface area contributed by atoms with Crippen LogP contribution in [0.25, 0.3) is 0 Å². The van der Waals surface area contributed by atoms with Gasteiger partial charge in [0.1, 0.15) is 5.82 Å². The molecule has 1 aromatic carbocycles. The molecule has 1 aromatic heterocycles. The predicted octanol–water partition coefficient (Wildman–Crippen LogP) is 2.22. The maximum Gasteiger partial charge on any atom is 0.356 e. The summed E-state index contributed by atoms with van der Waals surface area (Å²) in [6, 6.07) is 9.95. The largest absolute Gasteiger partial charge is 0.476 e. The third-order valence-electron chi connectivity index (χ3n) is 3.58. The molecule has 1 heterocycles. The van der Waals surface area contributed by atoms with E-state index in [1.807, 2.05) is 12.1 Å². The van der Waals surface area contributed by atoms with Crippen LogP contribution in [0.5, 0.6) is 0 Å². The van der Waals surface area contributed by atoms with Crippen LogP contribution in [-0.2, 0) is 6.54 Å². The van der Waals surface area contributed by atoms with Crippen LogP contribution < -0.4 is 4.90 Å². The minimum absolute atomic E-state index is 0.0575.